The third-order valence-corrected chi connectivity index (χ3v) is 6.29. The van der Waals surface area contributed by atoms with Crippen molar-refractivity contribution in [1.29, 1.82) is 0 Å². The lowest BCUT2D eigenvalue weighted by molar-refractivity contribution is -0.164. The van der Waals surface area contributed by atoms with Crippen LogP contribution in [0.15, 0.2) is 6.20 Å². The Kier molecular flexibility index (Phi) is 3.34. The number of aromatic nitrogens is 2. The number of hydrogen-bond acceptors (Lipinski definition) is 5. The van der Waals surface area contributed by atoms with E-state index in [9.17, 15) is 9.90 Å². The summed E-state index contributed by atoms with van der Waals surface area (Å²) in [5, 5.41) is 23.4. The van der Waals surface area contributed by atoms with Crippen molar-refractivity contribution in [3.8, 4) is 0 Å². The van der Waals surface area contributed by atoms with Crippen LogP contribution in [0.4, 0.5) is 5.95 Å². The molecule has 6 heteroatoms. The van der Waals surface area contributed by atoms with Crippen molar-refractivity contribution in [3.63, 3.8) is 0 Å². The van der Waals surface area contributed by atoms with Crippen molar-refractivity contribution in [2.45, 2.75) is 44.6 Å². The summed E-state index contributed by atoms with van der Waals surface area (Å²) in [6, 6.07) is 0. The second kappa shape index (κ2) is 5.16. The molecule has 3 N–H and O–H groups in total. The molecular formula is C17H23N3O3. The second-order valence-corrected chi connectivity index (χ2v) is 7.65. The largest absolute Gasteiger partial charge is 0.478 e. The number of aliphatic hydroxyl groups is 1. The van der Waals surface area contributed by atoms with Crippen LogP contribution in [0, 0.1) is 30.6 Å². The van der Waals surface area contributed by atoms with E-state index in [-0.39, 0.29) is 5.56 Å². The Bertz CT molecular complexity index is 618. The van der Waals surface area contributed by atoms with Gasteiger partial charge >= 0.3 is 5.97 Å². The van der Waals surface area contributed by atoms with Gasteiger partial charge < -0.3 is 15.5 Å². The number of aromatic carboxylic acids is 1. The summed E-state index contributed by atoms with van der Waals surface area (Å²) < 4.78 is 0. The smallest absolute Gasteiger partial charge is 0.339 e. The van der Waals surface area contributed by atoms with E-state index in [4.69, 9.17) is 5.11 Å². The molecule has 0 spiro atoms. The second-order valence-electron chi connectivity index (χ2n) is 7.65. The van der Waals surface area contributed by atoms with Crippen molar-refractivity contribution < 1.29 is 15.0 Å². The van der Waals surface area contributed by atoms with Crippen LogP contribution < -0.4 is 5.32 Å². The lowest BCUT2D eigenvalue weighted by Crippen LogP contribution is -2.60. The molecule has 6 nitrogen and oxygen atoms in total. The maximum absolute atomic E-state index is 11.3. The molecule has 0 radical (unpaired) electrons. The Labute approximate surface area is 135 Å². The molecule has 0 atom stereocenters. The van der Waals surface area contributed by atoms with Crippen LogP contribution in [0.25, 0.3) is 0 Å². The number of carboxylic acid groups (broad SMARTS) is 1. The van der Waals surface area contributed by atoms with Gasteiger partial charge in [-0.25, -0.2) is 14.8 Å². The Morgan fingerprint density at radius 3 is 2.39 bits per heavy atom. The topological polar surface area (TPSA) is 95.3 Å². The first-order valence-electron chi connectivity index (χ1n) is 8.49. The number of carboxylic acids is 1. The Balaban J connectivity index is 1.48. The molecule has 124 valence electrons. The molecule has 1 heterocycles. The lowest BCUT2D eigenvalue weighted by atomic mass is 9.50. The van der Waals surface area contributed by atoms with E-state index in [0.29, 0.717) is 30.0 Å². The molecule has 0 aliphatic heterocycles. The van der Waals surface area contributed by atoms with Gasteiger partial charge in [-0.2, -0.15) is 0 Å². The van der Waals surface area contributed by atoms with Gasteiger partial charge in [0, 0.05) is 12.7 Å². The Morgan fingerprint density at radius 2 is 1.87 bits per heavy atom. The molecule has 5 rings (SSSR count). The van der Waals surface area contributed by atoms with Gasteiger partial charge in [-0.15, -0.1) is 0 Å². The Hall–Kier alpha value is -1.69. The molecular weight excluding hydrogens is 294 g/mol. The Morgan fingerprint density at radius 1 is 1.26 bits per heavy atom. The molecule has 0 unspecified atom stereocenters. The third kappa shape index (κ3) is 2.40. The zero-order valence-electron chi connectivity index (χ0n) is 13.3. The van der Waals surface area contributed by atoms with E-state index < -0.39 is 11.6 Å². The monoisotopic (exact) mass is 317 g/mol. The van der Waals surface area contributed by atoms with Gasteiger partial charge in [-0.05, 0) is 62.7 Å². The van der Waals surface area contributed by atoms with Crippen molar-refractivity contribution in [2.75, 3.05) is 11.9 Å². The van der Waals surface area contributed by atoms with Gasteiger partial charge in [0.25, 0.3) is 0 Å². The van der Waals surface area contributed by atoms with E-state index in [1.54, 1.807) is 6.92 Å². The average molecular weight is 317 g/mol. The van der Waals surface area contributed by atoms with Crippen LogP contribution in [0.5, 0.6) is 0 Å². The molecule has 1 aromatic heterocycles. The minimum absolute atomic E-state index is 0.115. The molecule has 4 aliphatic carbocycles. The van der Waals surface area contributed by atoms with Gasteiger partial charge in [0.05, 0.1) is 16.9 Å². The van der Waals surface area contributed by atoms with Gasteiger partial charge in [0.1, 0.15) is 0 Å². The number of hydrogen-bond donors (Lipinski definition) is 3. The fourth-order valence-electron chi connectivity index (χ4n) is 5.27. The van der Waals surface area contributed by atoms with E-state index in [0.717, 1.165) is 37.5 Å². The maximum Gasteiger partial charge on any atom is 0.339 e. The predicted molar refractivity (Wildman–Crippen MR) is 84.2 cm³/mol. The minimum atomic E-state index is -1.02. The number of aryl methyl sites for hydroxylation is 1. The number of anilines is 1. The van der Waals surface area contributed by atoms with Crippen LogP contribution in [0.2, 0.25) is 0 Å². The van der Waals surface area contributed by atoms with E-state index >= 15 is 0 Å². The minimum Gasteiger partial charge on any atom is -0.478 e. The van der Waals surface area contributed by atoms with Crippen LogP contribution in [0.1, 0.15) is 48.2 Å². The first-order valence-corrected chi connectivity index (χ1v) is 8.49. The highest BCUT2D eigenvalue weighted by Gasteiger charge is 2.56. The van der Waals surface area contributed by atoms with Crippen molar-refractivity contribution in [2.24, 2.45) is 23.7 Å². The van der Waals surface area contributed by atoms with Crippen LogP contribution in [-0.4, -0.2) is 38.3 Å². The number of rotatable bonds is 4. The maximum atomic E-state index is 11.3. The first-order chi connectivity index (χ1) is 11.0. The zero-order valence-corrected chi connectivity index (χ0v) is 13.3. The standard InChI is InChI=1S/C17H23N3O3/c1-9-14(15(21)22)7-18-16(20-9)19-8-17(23)12-3-10-2-11(5-12)6-13(17)4-10/h7,10-13,23H,2-6,8H2,1H3,(H,21,22)(H,18,19,20). The predicted octanol–water partition coefficient (Wildman–Crippen LogP) is 2.08. The zero-order chi connectivity index (χ0) is 16.2. The normalized spacial score (nSPS) is 37.8. The molecule has 4 saturated carbocycles. The fourth-order valence-corrected chi connectivity index (χ4v) is 5.27. The van der Waals surface area contributed by atoms with Crippen molar-refractivity contribution >= 4 is 11.9 Å². The summed E-state index contributed by atoms with van der Waals surface area (Å²) in [7, 11) is 0. The molecule has 23 heavy (non-hydrogen) atoms. The summed E-state index contributed by atoms with van der Waals surface area (Å²) in [5.74, 6) is 1.76. The highest BCUT2D eigenvalue weighted by molar-refractivity contribution is 5.88. The van der Waals surface area contributed by atoms with Gasteiger partial charge in [-0.1, -0.05) is 0 Å². The average Bonchev–Trinajstić information content (AvgIpc) is 2.50. The SMILES string of the molecule is Cc1nc(NCC2(O)C3CC4CC(C3)CC2C4)ncc1C(=O)O. The highest BCUT2D eigenvalue weighted by atomic mass is 16.4. The molecule has 0 saturated heterocycles. The van der Waals surface area contributed by atoms with Gasteiger partial charge in [0.15, 0.2) is 0 Å². The fraction of sp³-hybridized carbons (Fsp3) is 0.706. The summed E-state index contributed by atoms with van der Waals surface area (Å²) in [6.45, 7) is 2.11. The van der Waals surface area contributed by atoms with E-state index in [1.165, 1.54) is 12.6 Å². The molecule has 0 aromatic carbocycles. The molecule has 0 amide bonds. The highest BCUT2D eigenvalue weighted by Crippen LogP contribution is 2.58. The van der Waals surface area contributed by atoms with Crippen LogP contribution in [-0.2, 0) is 0 Å². The summed E-state index contributed by atoms with van der Waals surface area (Å²) in [6.07, 6.45) is 7.25. The number of nitrogens with zero attached hydrogens (tertiary/aromatic N) is 2. The number of nitrogens with one attached hydrogen (secondary N) is 1. The summed E-state index contributed by atoms with van der Waals surface area (Å²) in [5.41, 5.74) is -0.119. The summed E-state index contributed by atoms with van der Waals surface area (Å²) in [4.78, 5) is 19.3. The van der Waals surface area contributed by atoms with E-state index in [2.05, 4.69) is 15.3 Å². The molecule has 1 aromatic rings. The van der Waals surface area contributed by atoms with Gasteiger partial charge in [-0.3, -0.25) is 0 Å². The van der Waals surface area contributed by atoms with E-state index in [1.807, 2.05) is 0 Å². The molecule has 4 bridgehead atoms. The third-order valence-electron chi connectivity index (χ3n) is 6.29. The van der Waals surface area contributed by atoms with Gasteiger partial charge in [0.2, 0.25) is 5.95 Å². The van der Waals surface area contributed by atoms with Crippen LogP contribution >= 0.6 is 0 Å². The first kappa shape index (κ1) is 14.9. The van der Waals surface area contributed by atoms with Crippen molar-refractivity contribution in [3.05, 3.63) is 17.5 Å². The number of carbonyl (C=O) groups is 1. The van der Waals surface area contributed by atoms with Crippen molar-refractivity contribution in [1.82, 2.24) is 9.97 Å². The molecule has 4 fully saturated rings. The molecule has 4 aliphatic rings. The lowest BCUT2D eigenvalue weighted by Gasteiger charge is -2.58. The summed E-state index contributed by atoms with van der Waals surface area (Å²) >= 11 is 0. The van der Waals surface area contributed by atoms with Crippen LogP contribution in [0.3, 0.4) is 0 Å². The quantitative estimate of drug-likeness (QED) is 0.787.